The number of esters is 1. The predicted octanol–water partition coefficient (Wildman–Crippen LogP) is 4.76. The molecule has 3 amide bonds. The summed E-state index contributed by atoms with van der Waals surface area (Å²) in [5.74, 6) is -1.41. The fourth-order valence-electron chi connectivity index (χ4n) is 6.18. The van der Waals surface area contributed by atoms with E-state index >= 15 is 0 Å². The van der Waals surface area contributed by atoms with Crippen molar-refractivity contribution in [1.29, 1.82) is 0 Å². The van der Waals surface area contributed by atoms with Crippen LogP contribution in [-0.4, -0.2) is 30.2 Å². The van der Waals surface area contributed by atoms with Crippen LogP contribution in [0.15, 0.2) is 36.4 Å². The number of para-hydroxylation sites is 1. The molecule has 2 aromatic carbocycles. The molecule has 3 fully saturated rings. The van der Waals surface area contributed by atoms with Gasteiger partial charge in [0.15, 0.2) is 0 Å². The average molecular weight is 503 g/mol. The number of hydrogen-bond donors (Lipinski definition) is 0. The second kappa shape index (κ2) is 10.1. The summed E-state index contributed by atoms with van der Waals surface area (Å²) in [6.45, 7) is 6.23. The number of fused-ring (bicyclic) bond motifs is 1. The van der Waals surface area contributed by atoms with Crippen LogP contribution in [0.4, 0.5) is 11.4 Å². The molecule has 0 aromatic heterocycles. The molecule has 0 bridgehead atoms. The van der Waals surface area contributed by atoms with Gasteiger partial charge in [-0.15, -0.1) is 0 Å². The number of aryl methyl sites for hydroxylation is 3. The van der Waals surface area contributed by atoms with E-state index in [1.54, 1.807) is 23.1 Å². The number of amides is 3. The number of imide groups is 1. The minimum absolute atomic E-state index is 0.0726. The SMILES string of the molecule is CCc1cccc(CC)c1N1C[C@@H](C(=O)Oc2ccc(N3C(=O)[C@H]4CCCC[C@H]4C3=O)c(C)c2)CC1=O. The summed E-state index contributed by atoms with van der Waals surface area (Å²) in [5, 5.41) is 0. The average Bonchev–Trinajstić information content (AvgIpc) is 3.41. The maximum atomic E-state index is 13.1. The van der Waals surface area contributed by atoms with Gasteiger partial charge in [-0.25, -0.2) is 4.90 Å². The largest absolute Gasteiger partial charge is 0.426 e. The third-order valence-corrected chi connectivity index (χ3v) is 8.16. The summed E-state index contributed by atoms with van der Waals surface area (Å²) >= 11 is 0. The van der Waals surface area contributed by atoms with Crippen LogP contribution in [0.2, 0.25) is 0 Å². The summed E-state index contributed by atoms with van der Waals surface area (Å²) in [6, 6.07) is 11.1. The second-order valence-corrected chi connectivity index (χ2v) is 10.4. The van der Waals surface area contributed by atoms with Crippen molar-refractivity contribution in [2.24, 2.45) is 17.8 Å². The third kappa shape index (κ3) is 4.45. The molecule has 7 nitrogen and oxygen atoms in total. The first-order valence-electron chi connectivity index (χ1n) is 13.4. The van der Waals surface area contributed by atoms with Crippen LogP contribution < -0.4 is 14.5 Å². The maximum absolute atomic E-state index is 13.1. The summed E-state index contributed by atoms with van der Waals surface area (Å²) in [5.41, 5.74) is 4.36. The van der Waals surface area contributed by atoms with Crippen LogP contribution in [0.1, 0.15) is 62.6 Å². The lowest BCUT2D eigenvalue weighted by molar-refractivity contribution is -0.139. The number of anilines is 2. The summed E-state index contributed by atoms with van der Waals surface area (Å²) in [4.78, 5) is 55.0. The number of ether oxygens (including phenoxy) is 1. The summed E-state index contributed by atoms with van der Waals surface area (Å²) in [6.07, 6.45) is 5.20. The van der Waals surface area contributed by atoms with E-state index in [9.17, 15) is 19.2 Å². The van der Waals surface area contributed by atoms with Gasteiger partial charge >= 0.3 is 5.97 Å². The standard InChI is InChI=1S/C30H34N2O5/c1-4-19-9-8-10-20(5-2)27(19)31-17-21(16-26(31)33)30(36)37-22-13-14-25(18(3)15-22)32-28(34)23-11-6-7-12-24(23)29(32)35/h8-10,13-15,21,23-24H,4-7,11-12,16-17H2,1-3H3/t21-,23-,24+/m0/s1. The van der Waals surface area contributed by atoms with Crippen molar-refractivity contribution in [2.75, 3.05) is 16.3 Å². The van der Waals surface area contributed by atoms with Crippen molar-refractivity contribution < 1.29 is 23.9 Å². The topological polar surface area (TPSA) is 84.0 Å². The van der Waals surface area contributed by atoms with Crippen LogP contribution in [-0.2, 0) is 32.0 Å². The van der Waals surface area contributed by atoms with E-state index in [1.165, 1.54) is 4.90 Å². The van der Waals surface area contributed by atoms with Crippen molar-refractivity contribution >= 4 is 35.1 Å². The third-order valence-electron chi connectivity index (χ3n) is 8.16. The summed E-state index contributed by atoms with van der Waals surface area (Å²) in [7, 11) is 0. The van der Waals surface area contributed by atoms with Crippen LogP contribution >= 0.6 is 0 Å². The molecule has 2 heterocycles. The van der Waals surface area contributed by atoms with Gasteiger partial charge in [-0.3, -0.25) is 19.2 Å². The van der Waals surface area contributed by atoms with E-state index in [1.807, 2.05) is 25.1 Å². The highest BCUT2D eigenvalue weighted by Gasteiger charge is 2.49. The summed E-state index contributed by atoms with van der Waals surface area (Å²) < 4.78 is 5.68. The van der Waals surface area contributed by atoms with Gasteiger partial charge in [0.05, 0.1) is 23.4 Å². The second-order valence-electron chi connectivity index (χ2n) is 10.4. The van der Waals surface area contributed by atoms with Crippen molar-refractivity contribution in [3.8, 4) is 5.75 Å². The molecule has 1 saturated carbocycles. The zero-order chi connectivity index (χ0) is 26.3. The Morgan fingerprint density at radius 2 is 1.57 bits per heavy atom. The number of carbonyl (C=O) groups is 4. The Kier molecular flexibility index (Phi) is 6.88. The molecule has 5 rings (SSSR count). The number of hydrogen-bond acceptors (Lipinski definition) is 5. The Hall–Kier alpha value is -3.48. The number of nitrogens with zero attached hydrogens (tertiary/aromatic N) is 2. The first kappa shape index (κ1) is 25.2. The van der Waals surface area contributed by atoms with Gasteiger partial charge < -0.3 is 9.64 Å². The highest BCUT2D eigenvalue weighted by Crippen LogP contribution is 2.41. The Bertz CT molecular complexity index is 1220. The molecule has 3 atom stereocenters. The zero-order valence-corrected chi connectivity index (χ0v) is 21.8. The zero-order valence-electron chi connectivity index (χ0n) is 21.8. The van der Waals surface area contributed by atoms with E-state index in [-0.39, 0.29) is 42.5 Å². The Morgan fingerprint density at radius 3 is 2.14 bits per heavy atom. The van der Waals surface area contributed by atoms with Gasteiger partial charge in [0.1, 0.15) is 5.75 Å². The van der Waals surface area contributed by atoms with Crippen molar-refractivity contribution in [3.63, 3.8) is 0 Å². The molecule has 0 radical (unpaired) electrons. The van der Waals surface area contributed by atoms with E-state index in [4.69, 9.17) is 4.74 Å². The Morgan fingerprint density at radius 1 is 0.946 bits per heavy atom. The molecule has 194 valence electrons. The number of rotatable bonds is 6. The number of benzene rings is 2. The van der Waals surface area contributed by atoms with Crippen LogP contribution in [0.3, 0.4) is 0 Å². The molecule has 0 spiro atoms. The van der Waals surface area contributed by atoms with Crippen LogP contribution in [0.25, 0.3) is 0 Å². The molecule has 3 aliphatic rings. The lowest BCUT2D eigenvalue weighted by Crippen LogP contribution is -2.31. The molecule has 0 unspecified atom stereocenters. The monoisotopic (exact) mass is 502 g/mol. The quantitative estimate of drug-likeness (QED) is 0.323. The van der Waals surface area contributed by atoms with Crippen molar-refractivity contribution in [3.05, 3.63) is 53.1 Å². The Balaban J connectivity index is 1.30. The van der Waals surface area contributed by atoms with Crippen LogP contribution in [0.5, 0.6) is 5.75 Å². The molecule has 2 saturated heterocycles. The molecular weight excluding hydrogens is 468 g/mol. The smallest absolute Gasteiger partial charge is 0.316 e. The van der Waals surface area contributed by atoms with Gasteiger partial charge in [0, 0.05) is 18.7 Å². The first-order chi connectivity index (χ1) is 17.8. The first-order valence-corrected chi connectivity index (χ1v) is 13.4. The van der Waals surface area contributed by atoms with E-state index in [0.29, 0.717) is 17.0 Å². The fourth-order valence-corrected chi connectivity index (χ4v) is 6.18. The molecule has 7 heteroatoms. The Labute approximate surface area is 217 Å². The van der Waals surface area contributed by atoms with Gasteiger partial charge in [0.2, 0.25) is 17.7 Å². The highest BCUT2D eigenvalue weighted by atomic mass is 16.5. The van der Waals surface area contributed by atoms with Gasteiger partial charge in [-0.05, 0) is 67.5 Å². The maximum Gasteiger partial charge on any atom is 0.316 e. The van der Waals surface area contributed by atoms with Crippen LogP contribution in [0, 0.1) is 24.7 Å². The molecule has 0 N–H and O–H groups in total. The lowest BCUT2D eigenvalue weighted by Gasteiger charge is -2.23. The fraction of sp³-hybridized carbons (Fsp3) is 0.467. The van der Waals surface area contributed by atoms with E-state index in [0.717, 1.165) is 55.3 Å². The lowest BCUT2D eigenvalue weighted by atomic mass is 9.81. The molecule has 37 heavy (non-hydrogen) atoms. The normalized spacial score (nSPS) is 23.5. The predicted molar refractivity (Wildman–Crippen MR) is 140 cm³/mol. The minimum atomic E-state index is -0.563. The van der Waals surface area contributed by atoms with Gasteiger partial charge in [-0.1, -0.05) is 44.9 Å². The molecule has 2 aliphatic heterocycles. The number of carbonyl (C=O) groups excluding carboxylic acids is 4. The minimum Gasteiger partial charge on any atom is -0.426 e. The van der Waals surface area contributed by atoms with Gasteiger partial charge in [0.25, 0.3) is 0 Å². The van der Waals surface area contributed by atoms with Gasteiger partial charge in [-0.2, -0.15) is 0 Å². The molecule has 2 aromatic rings. The molecule has 1 aliphatic carbocycles. The highest BCUT2D eigenvalue weighted by molar-refractivity contribution is 6.22. The van der Waals surface area contributed by atoms with E-state index < -0.39 is 11.9 Å². The molecular formula is C30H34N2O5. The van der Waals surface area contributed by atoms with E-state index in [2.05, 4.69) is 13.8 Å². The van der Waals surface area contributed by atoms with Crippen molar-refractivity contribution in [2.45, 2.75) is 65.7 Å². The van der Waals surface area contributed by atoms with Crippen molar-refractivity contribution in [1.82, 2.24) is 0 Å².